The Hall–Kier alpha value is -7.13. The molecule has 0 bridgehead atoms. The number of benzene rings is 3. The van der Waals surface area contributed by atoms with Gasteiger partial charge < -0.3 is 71.1 Å². The minimum Gasteiger partial charge on any atom is -0.463 e. The maximum atomic E-state index is 14.3. The maximum absolute atomic E-state index is 14.3. The van der Waals surface area contributed by atoms with Gasteiger partial charge in [-0.3, -0.25) is 28.8 Å². The highest BCUT2D eigenvalue weighted by Gasteiger charge is 2.59. The topological polar surface area (TPSA) is 292 Å². The van der Waals surface area contributed by atoms with E-state index in [2.05, 4.69) is 19.6 Å². The summed E-state index contributed by atoms with van der Waals surface area (Å²) in [6.45, 7) is 12.7. The Balaban J connectivity index is 1.48. The van der Waals surface area contributed by atoms with Crippen LogP contribution in [-0.2, 0) is 99.8 Å². The largest absolute Gasteiger partial charge is 0.463 e. The molecule has 0 aromatic heterocycles. The van der Waals surface area contributed by atoms with Crippen molar-refractivity contribution in [1.82, 2.24) is 0 Å². The van der Waals surface area contributed by atoms with Crippen molar-refractivity contribution in [3.8, 4) is 0 Å². The van der Waals surface area contributed by atoms with E-state index >= 15 is 0 Å². The SMILES string of the molecule is CC(=O)OC[C@H]1O[C@@H](OC[C@H]2O[C@@H](OCC[Si](C)(C)C)[C@H](OC(=O)c3ccccc3)[C@@H](OC(=O)c3ccccc3)[C@H]2OC(=O)c2ccccc2)[C@H](OC(C)=O)[C@@H](O[C@@H]2O[C@@H](C)[C@@H](OC(C)=O)[C@@H](OC(C)=O)[C@@H]2OC(C)=O)[C@H]1OC(C)=O. The summed E-state index contributed by atoms with van der Waals surface area (Å²) >= 11 is 0. The summed E-state index contributed by atoms with van der Waals surface area (Å²) in [7, 11) is -1.86. The summed E-state index contributed by atoms with van der Waals surface area (Å²) in [6.07, 6.45) is -24.8. The number of hydrogen-bond acceptors (Lipinski definition) is 24. The average Bonchev–Trinajstić information content (AvgIpc) is 3.37. The monoisotopic (exact) mass is 1150 g/mol. The van der Waals surface area contributed by atoms with Crippen molar-refractivity contribution in [3.63, 3.8) is 0 Å². The van der Waals surface area contributed by atoms with Gasteiger partial charge in [0, 0.05) is 56.2 Å². The van der Waals surface area contributed by atoms with Crippen molar-refractivity contribution in [3.05, 3.63) is 108 Å². The van der Waals surface area contributed by atoms with Gasteiger partial charge in [-0.05, 0) is 49.4 Å². The first kappa shape index (κ1) is 63.1. The van der Waals surface area contributed by atoms with Crippen LogP contribution in [0.4, 0.5) is 0 Å². The molecule has 0 amide bonds. The molecule has 25 heteroatoms. The lowest BCUT2D eigenvalue weighted by Gasteiger charge is -2.49. The predicted molar refractivity (Wildman–Crippen MR) is 278 cm³/mol. The zero-order valence-electron chi connectivity index (χ0n) is 46.4. The van der Waals surface area contributed by atoms with Crippen molar-refractivity contribution < 1.29 is 114 Å². The normalized spacial score (nSPS) is 28.1. The molecule has 3 aliphatic heterocycles. The summed E-state index contributed by atoms with van der Waals surface area (Å²) < 4.78 is 91.0. The third-order valence-corrected chi connectivity index (χ3v) is 14.2. The second-order valence-corrected chi connectivity index (χ2v) is 25.9. The Morgan fingerprint density at radius 1 is 0.395 bits per heavy atom. The van der Waals surface area contributed by atoms with Crippen LogP contribution in [0.2, 0.25) is 25.7 Å². The Morgan fingerprint density at radius 3 is 1.21 bits per heavy atom. The summed E-state index contributed by atoms with van der Waals surface area (Å²) in [4.78, 5) is 119. The minimum atomic E-state index is -1.88. The van der Waals surface area contributed by atoms with Gasteiger partial charge in [-0.15, -0.1) is 0 Å². The Bertz CT molecular complexity index is 2650. The molecule has 6 rings (SSSR count). The highest BCUT2D eigenvalue weighted by molar-refractivity contribution is 6.76. The van der Waals surface area contributed by atoms with Crippen LogP contribution in [0.3, 0.4) is 0 Å². The number of esters is 9. The highest BCUT2D eigenvalue weighted by Crippen LogP contribution is 2.37. The molecule has 3 aromatic carbocycles. The van der Waals surface area contributed by atoms with E-state index in [0.717, 1.165) is 41.5 Å². The van der Waals surface area contributed by atoms with Gasteiger partial charge in [0.2, 0.25) is 0 Å². The van der Waals surface area contributed by atoms with Crippen LogP contribution in [0.25, 0.3) is 0 Å². The quantitative estimate of drug-likeness (QED) is 0.0739. The van der Waals surface area contributed by atoms with E-state index in [0.29, 0.717) is 6.04 Å². The first-order valence-electron chi connectivity index (χ1n) is 26.0. The smallest absolute Gasteiger partial charge is 0.338 e. The molecule has 3 heterocycles. The van der Waals surface area contributed by atoms with Gasteiger partial charge in [0.25, 0.3) is 0 Å². The molecule has 81 heavy (non-hydrogen) atoms. The third kappa shape index (κ3) is 18.2. The molecule has 0 saturated carbocycles. The van der Waals surface area contributed by atoms with Crippen LogP contribution in [0.1, 0.15) is 79.5 Å². The standard InChI is InChI=1S/C56H68O24Si/c1-30-42(70-32(3)58)45(72-34(5)60)50(74-36(7)62)56(69-30)80-47-43(71-33(4)59)40(28-67-31(2)57)76-55(48(47)73-35(6)61)68-29-41-44(77-51(63)37-20-14-11-15-21-37)46(78-52(64)38-22-16-12-17-23-38)49(54(75-41)66-26-27-81(8,9)10)79-53(65)39-24-18-13-19-25-39/h11-25,30,40-50,54-56H,26-29H2,1-10H3/t30-,40+,41+,42+,43-,44-,45+,46-,47-,48+,49+,50-,54+,55+,56-/m0/s1. The number of carbonyl (C=O) groups is 9. The van der Waals surface area contributed by atoms with E-state index in [1.165, 1.54) is 43.3 Å². The van der Waals surface area contributed by atoms with Crippen LogP contribution < -0.4 is 0 Å². The molecule has 24 nitrogen and oxygen atoms in total. The van der Waals surface area contributed by atoms with Gasteiger partial charge in [0.05, 0.1) is 29.4 Å². The van der Waals surface area contributed by atoms with Crippen molar-refractivity contribution in [2.75, 3.05) is 19.8 Å². The van der Waals surface area contributed by atoms with Gasteiger partial charge in [0.15, 0.2) is 67.7 Å². The second-order valence-electron chi connectivity index (χ2n) is 20.3. The molecule has 0 N–H and O–H groups in total. The summed E-state index contributed by atoms with van der Waals surface area (Å²) in [5.41, 5.74) is 0.217. The molecule has 15 atom stereocenters. The number of ether oxygens (including phenoxy) is 15. The number of hydrogen-bond donors (Lipinski definition) is 0. The first-order valence-corrected chi connectivity index (χ1v) is 29.7. The minimum absolute atomic E-state index is 0.0476. The lowest BCUT2D eigenvalue weighted by Crippen LogP contribution is -2.67. The van der Waals surface area contributed by atoms with E-state index in [1.807, 2.05) is 0 Å². The third-order valence-electron chi connectivity index (χ3n) is 12.5. The van der Waals surface area contributed by atoms with Crippen molar-refractivity contribution in [2.24, 2.45) is 0 Å². The molecule has 0 unspecified atom stereocenters. The van der Waals surface area contributed by atoms with E-state index in [1.54, 1.807) is 54.6 Å². The molecule has 3 saturated heterocycles. The van der Waals surface area contributed by atoms with Crippen molar-refractivity contribution in [2.45, 2.75) is 166 Å². The van der Waals surface area contributed by atoms with Gasteiger partial charge in [0.1, 0.15) is 24.9 Å². The van der Waals surface area contributed by atoms with Crippen LogP contribution >= 0.6 is 0 Å². The van der Waals surface area contributed by atoms with Crippen molar-refractivity contribution in [1.29, 1.82) is 0 Å². The average molecular weight is 1150 g/mol. The molecule has 3 aromatic rings. The molecule has 0 spiro atoms. The zero-order chi connectivity index (χ0) is 59.1. The summed E-state index contributed by atoms with van der Waals surface area (Å²) in [5.74, 6) is -8.14. The number of rotatable bonds is 22. The van der Waals surface area contributed by atoms with Crippen LogP contribution in [0, 0.1) is 0 Å². The van der Waals surface area contributed by atoms with Gasteiger partial charge in [-0.25, -0.2) is 14.4 Å². The van der Waals surface area contributed by atoms with E-state index < -0.39 is 167 Å². The molecule has 3 aliphatic rings. The molecule has 3 fully saturated rings. The lowest BCUT2D eigenvalue weighted by molar-refractivity contribution is -0.364. The van der Waals surface area contributed by atoms with Crippen LogP contribution in [-0.4, -0.2) is 174 Å². The Labute approximate surface area is 468 Å². The second kappa shape index (κ2) is 29.0. The Morgan fingerprint density at radius 2 is 0.753 bits per heavy atom. The maximum Gasteiger partial charge on any atom is 0.338 e. The Kier molecular flexibility index (Phi) is 22.6. The molecular weight excluding hydrogens is 1080 g/mol. The fourth-order valence-corrected chi connectivity index (χ4v) is 9.63. The predicted octanol–water partition coefficient (Wildman–Crippen LogP) is 4.84. The summed E-state index contributed by atoms with van der Waals surface area (Å²) in [5, 5.41) is 0. The molecule has 0 radical (unpaired) electrons. The summed E-state index contributed by atoms with van der Waals surface area (Å²) in [6, 6.07) is 24.1. The molecule has 440 valence electrons. The lowest BCUT2D eigenvalue weighted by atomic mass is 9.96. The highest BCUT2D eigenvalue weighted by atomic mass is 28.3. The van der Waals surface area contributed by atoms with Crippen LogP contribution in [0.5, 0.6) is 0 Å². The zero-order valence-corrected chi connectivity index (χ0v) is 47.4. The molecule has 0 aliphatic carbocycles. The van der Waals surface area contributed by atoms with Gasteiger partial charge >= 0.3 is 53.7 Å². The first-order chi connectivity index (χ1) is 38.4. The molecular formula is C56H68O24Si. The fourth-order valence-electron chi connectivity index (χ4n) is 8.90. The van der Waals surface area contributed by atoms with E-state index in [-0.39, 0.29) is 23.3 Å². The van der Waals surface area contributed by atoms with E-state index in [9.17, 15) is 43.2 Å². The van der Waals surface area contributed by atoms with Gasteiger partial charge in [-0.1, -0.05) is 74.2 Å². The van der Waals surface area contributed by atoms with Crippen molar-refractivity contribution >= 4 is 61.8 Å². The van der Waals surface area contributed by atoms with Crippen LogP contribution in [0.15, 0.2) is 91.0 Å². The van der Waals surface area contributed by atoms with Gasteiger partial charge in [-0.2, -0.15) is 0 Å². The fraction of sp³-hybridized carbons (Fsp3) is 0.518. The number of carbonyl (C=O) groups excluding carboxylic acids is 9. The van der Waals surface area contributed by atoms with E-state index in [4.69, 9.17) is 71.1 Å².